The molecule has 0 amide bonds. The van der Waals surface area contributed by atoms with Crippen molar-refractivity contribution in [3.05, 3.63) is 71.5 Å². The molecule has 2 aromatic heterocycles. The lowest BCUT2D eigenvalue weighted by Crippen LogP contribution is -2.47. The third kappa shape index (κ3) is 5.04. The molecule has 1 N–H and O–H groups in total. The molecule has 4 rings (SSSR count). The molecule has 1 aromatic carbocycles. The van der Waals surface area contributed by atoms with Gasteiger partial charge in [-0.1, -0.05) is 18.2 Å². The summed E-state index contributed by atoms with van der Waals surface area (Å²) < 4.78 is 38.8. The van der Waals surface area contributed by atoms with Gasteiger partial charge in [-0.2, -0.15) is 18.2 Å². The van der Waals surface area contributed by atoms with Crippen molar-refractivity contribution in [3.8, 4) is 0 Å². The summed E-state index contributed by atoms with van der Waals surface area (Å²) in [4.78, 5) is 17.8. The Labute approximate surface area is 178 Å². The first-order chi connectivity index (χ1) is 14.9. The highest BCUT2D eigenvalue weighted by molar-refractivity contribution is 5.49. The van der Waals surface area contributed by atoms with E-state index >= 15 is 0 Å². The Morgan fingerprint density at radius 1 is 0.968 bits per heavy atom. The number of halogens is 3. The largest absolute Gasteiger partial charge is 0.416 e. The molecule has 3 heterocycles. The van der Waals surface area contributed by atoms with Crippen molar-refractivity contribution in [2.75, 3.05) is 41.3 Å². The molecule has 1 saturated heterocycles. The Hall–Kier alpha value is -3.36. The Balaban J connectivity index is 1.41. The number of hydrogen-bond acceptors (Lipinski definition) is 6. The van der Waals surface area contributed by atoms with E-state index in [0.29, 0.717) is 17.3 Å². The van der Waals surface area contributed by atoms with Crippen LogP contribution in [-0.2, 0) is 12.7 Å². The van der Waals surface area contributed by atoms with Gasteiger partial charge in [-0.25, -0.2) is 9.97 Å². The van der Waals surface area contributed by atoms with Crippen LogP contribution in [0.5, 0.6) is 0 Å². The van der Waals surface area contributed by atoms with Crippen LogP contribution in [0.3, 0.4) is 0 Å². The molecular weight excluding hydrogens is 405 g/mol. The first-order valence-corrected chi connectivity index (χ1v) is 10.0. The van der Waals surface area contributed by atoms with E-state index in [4.69, 9.17) is 0 Å². The van der Waals surface area contributed by atoms with Crippen LogP contribution >= 0.6 is 0 Å². The number of nitrogens with one attached hydrogen (secondary N) is 1. The fraction of sp³-hybridized carbons (Fsp3) is 0.318. The van der Waals surface area contributed by atoms with Gasteiger partial charge in [0, 0.05) is 50.7 Å². The van der Waals surface area contributed by atoms with Crippen molar-refractivity contribution in [2.45, 2.75) is 19.6 Å². The molecule has 3 aromatic rings. The molecule has 1 aliphatic heterocycles. The van der Waals surface area contributed by atoms with Crippen LogP contribution in [0.2, 0.25) is 0 Å². The summed E-state index contributed by atoms with van der Waals surface area (Å²) in [6.07, 6.45) is -0.833. The van der Waals surface area contributed by atoms with Crippen LogP contribution in [0.1, 0.15) is 16.7 Å². The van der Waals surface area contributed by atoms with Gasteiger partial charge in [0.05, 0.1) is 5.56 Å². The zero-order chi connectivity index (χ0) is 21.8. The zero-order valence-corrected chi connectivity index (χ0v) is 17.1. The number of pyridine rings is 1. The van der Waals surface area contributed by atoms with E-state index in [9.17, 15) is 13.2 Å². The molecule has 1 fully saturated rings. The second kappa shape index (κ2) is 8.79. The van der Waals surface area contributed by atoms with E-state index in [1.807, 2.05) is 25.1 Å². The molecule has 6 nitrogen and oxygen atoms in total. The van der Waals surface area contributed by atoms with Gasteiger partial charge in [-0.05, 0) is 36.8 Å². The Kier molecular flexibility index (Phi) is 5.92. The van der Waals surface area contributed by atoms with Crippen molar-refractivity contribution in [2.24, 2.45) is 0 Å². The number of anilines is 3. The van der Waals surface area contributed by atoms with Gasteiger partial charge in [0.25, 0.3) is 0 Å². The number of aryl methyl sites for hydroxylation is 1. The molecule has 31 heavy (non-hydrogen) atoms. The lowest BCUT2D eigenvalue weighted by atomic mass is 10.1. The third-order valence-corrected chi connectivity index (χ3v) is 5.21. The minimum absolute atomic E-state index is 0.245. The van der Waals surface area contributed by atoms with Gasteiger partial charge in [-0.15, -0.1) is 0 Å². The minimum atomic E-state index is -4.36. The number of piperazine rings is 1. The van der Waals surface area contributed by atoms with Crippen LogP contribution in [0.4, 0.5) is 30.8 Å². The summed E-state index contributed by atoms with van der Waals surface area (Å²) in [7, 11) is 0. The highest BCUT2D eigenvalue weighted by atomic mass is 19.4. The molecule has 0 aliphatic carbocycles. The quantitative estimate of drug-likeness (QED) is 0.659. The summed E-state index contributed by atoms with van der Waals surface area (Å²) in [6.45, 7) is 5.24. The van der Waals surface area contributed by atoms with Gasteiger partial charge in [0.15, 0.2) is 0 Å². The number of hydrogen-bond donors (Lipinski definition) is 1. The fourth-order valence-electron chi connectivity index (χ4n) is 3.48. The summed E-state index contributed by atoms with van der Waals surface area (Å²) in [6, 6.07) is 11.2. The predicted molar refractivity (Wildman–Crippen MR) is 114 cm³/mol. The number of benzene rings is 1. The lowest BCUT2D eigenvalue weighted by Gasteiger charge is -2.35. The summed E-state index contributed by atoms with van der Waals surface area (Å²) in [5.74, 6) is 2.18. The van der Waals surface area contributed by atoms with Gasteiger partial charge >= 0.3 is 6.18 Å². The van der Waals surface area contributed by atoms with Crippen LogP contribution in [0.15, 0.2) is 54.9 Å². The smallest absolute Gasteiger partial charge is 0.366 e. The predicted octanol–water partition coefficient (Wildman–Crippen LogP) is 4.14. The SMILES string of the molecule is Cc1cnc(N2CCN(c3ccccn3)CC2)nc1NCc1cccc(C(F)(F)F)c1. The molecule has 0 unspecified atom stereocenters. The minimum Gasteiger partial charge on any atom is -0.366 e. The summed E-state index contributed by atoms with van der Waals surface area (Å²) in [5.41, 5.74) is 0.721. The number of rotatable bonds is 5. The van der Waals surface area contributed by atoms with Gasteiger partial charge in [0.1, 0.15) is 11.6 Å². The van der Waals surface area contributed by atoms with E-state index in [1.165, 1.54) is 6.07 Å². The molecule has 0 spiro atoms. The molecule has 0 radical (unpaired) electrons. The molecular formula is C22H23F3N6. The third-order valence-electron chi connectivity index (χ3n) is 5.21. The second-order valence-corrected chi connectivity index (χ2v) is 7.42. The normalized spacial score (nSPS) is 14.6. The van der Waals surface area contributed by atoms with Crippen LogP contribution in [0, 0.1) is 6.92 Å². The van der Waals surface area contributed by atoms with E-state index < -0.39 is 11.7 Å². The van der Waals surface area contributed by atoms with E-state index in [-0.39, 0.29) is 6.54 Å². The highest BCUT2D eigenvalue weighted by Crippen LogP contribution is 2.29. The van der Waals surface area contributed by atoms with E-state index in [1.54, 1.807) is 18.5 Å². The van der Waals surface area contributed by atoms with Gasteiger partial charge in [-0.3, -0.25) is 0 Å². The molecule has 9 heteroatoms. The summed E-state index contributed by atoms with van der Waals surface area (Å²) in [5, 5.41) is 3.16. The summed E-state index contributed by atoms with van der Waals surface area (Å²) >= 11 is 0. The van der Waals surface area contributed by atoms with E-state index in [0.717, 1.165) is 49.7 Å². The van der Waals surface area contributed by atoms with Crippen LogP contribution in [0.25, 0.3) is 0 Å². The lowest BCUT2D eigenvalue weighted by molar-refractivity contribution is -0.137. The molecule has 0 saturated carbocycles. The van der Waals surface area contributed by atoms with Crippen molar-refractivity contribution >= 4 is 17.6 Å². The van der Waals surface area contributed by atoms with E-state index in [2.05, 4.69) is 30.1 Å². The maximum absolute atomic E-state index is 12.9. The average molecular weight is 428 g/mol. The first-order valence-electron chi connectivity index (χ1n) is 10.0. The van der Waals surface area contributed by atoms with Crippen molar-refractivity contribution in [1.29, 1.82) is 0 Å². The highest BCUT2D eigenvalue weighted by Gasteiger charge is 2.30. The molecule has 1 aliphatic rings. The fourth-order valence-corrected chi connectivity index (χ4v) is 3.48. The Morgan fingerprint density at radius 2 is 1.74 bits per heavy atom. The molecule has 0 atom stereocenters. The van der Waals surface area contributed by atoms with Crippen molar-refractivity contribution in [1.82, 2.24) is 15.0 Å². The molecule has 162 valence electrons. The maximum Gasteiger partial charge on any atom is 0.416 e. The number of aromatic nitrogens is 3. The Bertz CT molecular complexity index is 1020. The zero-order valence-electron chi connectivity index (χ0n) is 17.1. The van der Waals surface area contributed by atoms with Crippen molar-refractivity contribution < 1.29 is 13.2 Å². The van der Waals surface area contributed by atoms with Crippen molar-refractivity contribution in [3.63, 3.8) is 0 Å². The average Bonchev–Trinajstić information content (AvgIpc) is 2.79. The number of nitrogens with zero attached hydrogens (tertiary/aromatic N) is 5. The van der Waals surface area contributed by atoms with Gasteiger partial charge < -0.3 is 15.1 Å². The van der Waals surface area contributed by atoms with Gasteiger partial charge in [0.2, 0.25) is 5.95 Å². The molecule has 0 bridgehead atoms. The van der Waals surface area contributed by atoms with Crippen LogP contribution < -0.4 is 15.1 Å². The topological polar surface area (TPSA) is 57.2 Å². The first kappa shape index (κ1) is 20.9. The maximum atomic E-state index is 12.9. The number of alkyl halides is 3. The second-order valence-electron chi connectivity index (χ2n) is 7.42. The van der Waals surface area contributed by atoms with Crippen LogP contribution in [-0.4, -0.2) is 41.1 Å². The monoisotopic (exact) mass is 428 g/mol. The standard InChI is InChI=1S/C22H23F3N6/c1-16-14-28-21(31-11-9-30(10-12-31)19-7-2-3-8-26-19)29-20(16)27-15-17-5-4-6-18(13-17)22(23,24)25/h2-8,13-14H,9-12,15H2,1H3,(H,27,28,29). The Morgan fingerprint density at radius 3 is 2.45 bits per heavy atom.